The molecule has 2 amide bonds. The molecule has 0 aliphatic carbocycles. The van der Waals surface area contributed by atoms with Crippen LogP contribution in [-0.4, -0.2) is 22.8 Å². The van der Waals surface area contributed by atoms with E-state index >= 15 is 0 Å². The first-order chi connectivity index (χ1) is 10.1. The van der Waals surface area contributed by atoms with Gasteiger partial charge in [-0.2, -0.15) is 0 Å². The smallest absolute Gasteiger partial charge is 0.255 e. The molecule has 2 N–H and O–H groups in total. The number of hydrogen-bond acceptors (Lipinski definition) is 2. The van der Waals surface area contributed by atoms with Crippen molar-refractivity contribution in [2.75, 3.05) is 0 Å². The van der Waals surface area contributed by atoms with E-state index in [0.717, 1.165) is 11.1 Å². The first-order valence-corrected chi connectivity index (χ1v) is 6.87. The van der Waals surface area contributed by atoms with Crippen molar-refractivity contribution < 1.29 is 9.59 Å². The van der Waals surface area contributed by atoms with Crippen LogP contribution in [0.4, 0.5) is 0 Å². The Morgan fingerprint density at radius 1 is 1.10 bits per heavy atom. The van der Waals surface area contributed by atoms with Gasteiger partial charge in [0.2, 0.25) is 5.91 Å². The van der Waals surface area contributed by atoms with E-state index in [0.29, 0.717) is 5.56 Å². The second kappa shape index (κ2) is 5.05. The predicted molar refractivity (Wildman–Crippen MR) is 79.6 cm³/mol. The molecule has 0 bridgehead atoms. The van der Waals surface area contributed by atoms with Gasteiger partial charge in [-0.25, -0.2) is 0 Å². The lowest BCUT2D eigenvalue weighted by atomic mass is 9.97. The molecule has 2 aromatic rings. The molecular weight excluding hydrogens is 264 g/mol. The lowest BCUT2D eigenvalue weighted by molar-refractivity contribution is -0.122. The number of fused-ring (bicyclic) bond motifs is 1. The molecule has 1 heterocycles. The van der Waals surface area contributed by atoms with E-state index in [1.165, 1.54) is 0 Å². The minimum atomic E-state index is -0.657. The van der Waals surface area contributed by atoms with Gasteiger partial charge in [-0.15, -0.1) is 0 Å². The molecule has 0 fully saturated rings. The number of amides is 2. The van der Waals surface area contributed by atoms with E-state index in [2.05, 4.69) is 0 Å². The zero-order valence-corrected chi connectivity index (χ0v) is 11.7. The normalized spacial score (nSPS) is 18.4. The van der Waals surface area contributed by atoms with E-state index in [-0.39, 0.29) is 11.9 Å². The molecule has 0 saturated carbocycles. The first kappa shape index (κ1) is 13.4. The summed E-state index contributed by atoms with van der Waals surface area (Å²) in [5, 5.41) is 0. The molecule has 2 aromatic carbocycles. The van der Waals surface area contributed by atoms with Gasteiger partial charge in [0.1, 0.15) is 6.04 Å². The van der Waals surface area contributed by atoms with Crippen molar-refractivity contribution in [2.24, 2.45) is 5.73 Å². The average molecular weight is 280 g/mol. The molecule has 4 nitrogen and oxygen atoms in total. The number of rotatable bonds is 3. The van der Waals surface area contributed by atoms with Crippen LogP contribution in [-0.2, 0) is 4.79 Å². The van der Waals surface area contributed by atoms with Gasteiger partial charge in [-0.05, 0) is 24.1 Å². The summed E-state index contributed by atoms with van der Waals surface area (Å²) in [5.41, 5.74) is 7.95. The molecule has 1 aliphatic heterocycles. The Morgan fingerprint density at radius 3 is 2.38 bits per heavy atom. The topological polar surface area (TPSA) is 63.4 Å². The van der Waals surface area contributed by atoms with Crippen molar-refractivity contribution in [1.82, 2.24) is 4.90 Å². The van der Waals surface area contributed by atoms with Crippen LogP contribution < -0.4 is 5.73 Å². The highest BCUT2D eigenvalue weighted by Crippen LogP contribution is 2.39. The largest absolute Gasteiger partial charge is 0.368 e. The van der Waals surface area contributed by atoms with Crippen molar-refractivity contribution in [3.8, 4) is 0 Å². The van der Waals surface area contributed by atoms with Gasteiger partial charge in [-0.1, -0.05) is 48.5 Å². The molecule has 2 atom stereocenters. The van der Waals surface area contributed by atoms with Crippen molar-refractivity contribution in [1.29, 1.82) is 0 Å². The maximum absolute atomic E-state index is 12.6. The molecule has 0 aromatic heterocycles. The maximum Gasteiger partial charge on any atom is 0.255 e. The number of primary amides is 1. The van der Waals surface area contributed by atoms with E-state index < -0.39 is 11.9 Å². The SMILES string of the molecule is CC(C(N)=O)N1C(=O)c2ccccc2C1c1ccccc1. The summed E-state index contributed by atoms with van der Waals surface area (Å²) in [7, 11) is 0. The van der Waals surface area contributed by atoms with Gasteiger partial charge in [0.05, 0.1) is 6.04 Å². The molecule has 0 spiro atoms. The fourth-order valence-corrected chi connectivity index (χ4v) is 2.85. The van der Waals surface area contributed by atoms with Crippen LogP contribution in [0.15, 0.2) is 54.6 Å². The number of nitrogens with two attached hydrogens (primary N) is 1. The second-order valence-corrected chi connectivity index (χ2v) is 5.19. The molecule has 106 valence electrons. The van der Waals surface area contributed by atoms with E-state index in [1.54, 1.807) is 17.9 Å². The quantitative estimate of drug-likeness (QED) is 0.935. The summed E-state index contributed by atoms with van der Waals surface area (Å²) in [6.45, 7) is 1.67. The summed E-state index contributed by atoms with van der Waals surface area (Å²) < 4.78 is 0. The van der Waals surface area contributed by atoms with Crippen LogP contribution in [0.2, 0.25) is 0 Å². The monoisotopic (exact) mass is 280 g/mol. The molecule has 0 saturated heterocycles. The van der Waals surface area contributed by atoms with Crippen molar-refractivity contribution in [2.45, 2.75) is 19.0 Å². The van der Waals surface area contributed by atoms with Crippen LogP contribution in [0.3, 0.4) is 0 Å². The van der Waals surface area contributed by atoms with Gasteiger partial charge in [0.15, 0.2) is 0 Å². The third-order valence-corrected chi connectivity index (χ3v) is 3.94. The number of carbonyl (C=O) groups excluding carboxylic acids is 2. The van der Waals surface area contributed by atoms with Gasteiger partial charge in [-0.3, -0.25) is 9.59 Å². The molecule has 0 radical (unpaired) electrons. The van der Waals surface area contributed by atoms with Gasteiger partial charge < -0.3 is 10.6 Å². The highest BCUT2D eigenvalue weighted by Gasteiger charge is 2.41. The molecule has 2 unspecified atom stereocenters. The summed E-state index contributed by atoms with van der Waals surface area (Å²) in [4.78, 5) is 25.8. The Bertz CT molecular complexity index is 697. The van der Waals surface area contributed by atoms with E-state index in [4.69, 9.17) is 5.73 Å². The predicted octanol–water partition coefficient (Wildman–Crippen LogP) is 2.11. The highest BCUT2D eigenvalue weighted by molar-refractivity contribution is 6.02. The highest BCUT2D eigenvalue weighted by atomic mass is 16.2. The zero-order valence-electron chi connectivity index (χ0n) is 11.7. The Hall–Kier alpha value is -2.62. The number of benzene rings is 2. The Labute approximate surface area is 123 Å². The van der Waals surface area contributed by atoms with Crippen LogP contribution in [0.5, 0.6) is 0 Å². The fraction of sp³-hybridized carbons (Fsp3) is 0.176. The molecule has 1 aliphatic rings. The van der Waals surface area contributed by atoms with Gasteiger partial charge in [0, 0.05) is 5.56 Å². The molecule has 21 heavy (non-hydrogen) atoms. The third-order valence-electron chi connectivity index (χ3n) is 3.94. The van der Waals surface area contributed by atoms with Crippen molar-refractivity contribution in [3.05, 3.63) is 71.3 Å². The first-order valence-electron chi connectivity index (χ1n) is 6.87. The number of carbonyl (C=O) groups is 2. The Balaban J connectivity index is 2.16. The lowest BCUT2D eigenvalue weighted by Gasteiger charge is -2.29. The number of hydrogen-bond donors (Lipinski definition) is 1. The van der Waals surface area contributed by atoms with Crippen molar-refractivity contribution >= 4 is 11.8 Å². The van der Waals surface area contributed by atoms with Crippen LogP contribution in [0, 0.1) is 0 Å². The molecule has 3 rings (SSSR count). The maximum atomic E-state index is 12.6. The number of nitrogens with zero attached hydrogens (tertiary/aromatic N) is 1. The lowest BCUT2D eigenvalue weighted by Crippen LogP contribution is -2.44. The van der Waals surface area contributed by atoms with Gasteiger partial charge in [0.25, 0.3) is 5.91 Å². The third kappa shape index (κ3) is 2.09. The van der Waals surface area contributed by atoms with Crippen LogP contribution in [0.25, 0.3) is 0 Å². The Kier molecular flexibility index (Phi) is 3.22. The summed E-state index contributed by atoms with van der Waals surface area (Å²) in [6, 6.07) is 16.2. The minimum Gasteiger partial charge on any atom is -0.368 e. The minimum absolute atomic E-state index is 0.147. The van der Waals surface area contributed by atoms with E-state index in [9.17, 15) is 9.59 Å². The van der Waals surface area contributed by atoms with Crippen molar-refractivity contribution in [3.63, 3.8) is 0 Å². The zero-order chi connectivity index (χ0) is 15.0. The standard InChI is InChI=1S/C17H16N2O2/c1-11(16(18)20)19-15(12-7-3-2-4-8-12)13-9-5-6-10-14(13)17(19)21/h2-11,15H,1H3,(H2,18,20). The summed E-state index contributed by atoms with van der Waals surface area (Å²) in [5.74, 6) is -0.650. The molecular formula is C17H16N2O2. The summed E-state index contributed by atoms with van der Waals surface area (Å²) in [6.07, 6.45) is 0. The summed E-state index contributed by atoms with van der Waals surface area (Å²) >= 11 is 0. The van der Waals surface area contributed by atoms with E-state index in [1.807, 2.05) is 48.5 Å². The van der Waals surface area contributed by atoms with Crippen LogP contribution in [0.1, 0.15) is 34.5 Å². The second-order valence-electron chi connectivity index (χ2n) is 5.19. The van der Waals surface area contributed by atoms with Gasteiger partial charge >= 0.3 is 0 Å². The fourth-order valence-electron chi connectivity index (χ4n) is 2.85. The Morgan fingerprint density at radius 2 is 1.71 bits per heavy atom. The average Bonchev–Trinajstić information content (AvgIpc) is 2.81. The molecule has 4 heteroatoms. The van der Waals surface area contributed by atoms with Crippen LogP contribution >= 0.6 is 0 Å².